The smallest absolute Gasteiger partial charge is 0.325 e. The van der Waals surface area contributed by atoms with Crippen molar-refractivity contribution in [3.8, 4) is 0 Å². The Labute approximate surface area is 140 Å². The highest BCUT2D eigenvalue weighted by Gasteiger charge is 2.12. The SMILES string of the molecule is Cc1ccc(C(=O)NCC(=O)OCC(=O)c2ccccc2)cc1C. The number of ketones is 1. The van der Waals surface area contributed by atoms with Crippen LogP contribution in [0.25, 0.3) is 0 Å². The highest BCUT2D eigenvalue weighted by atomic mass is 16.5. The average Bonchev–Trinajstić information content (AvgIpc) is 2.60. The minimum Gasteiger partial charge on any atom is -0.456 e. The Morgan fingerprint density at radius 3 is 2.29 bits per heavy atom. The summed E-state index contributed by atoms with van der Waals surface area (Å²) in [6.45, 7) is 3.24. The number of ether oxygens (including phenoxy) is 1. The maximum Gasteiger partial charge on any atom is 0.325 e. The van der Waals surface area contributed by atoms with E-state index >= 15 is 0 Å². The van der Waals surface area contributed by atoms with Crippen molar-refractivity contribution < 1.29 is 19.1 Å². The zero-order valence-electron chi connectivity index (χ0n) is 13.7. The van der Waals surface area contributed by atoms with E-state index in [1.54, 1.807) is 42.5 Å². The van der Waals surface area contributed by atoms with Crippen molar-refractivity contribution in [1.29, 1.82) is 0 Å². The Hall–Kier alpha value is -2.95. The first kappa shape index (κ1) is 17.4. The Balaban J connectivity index is 1.79. The maximum absolute atomic E-state index is 12.0. The molecule has 5 nitrogen and oxygen atoms in total. The molecule has 0 saturated heterocycles. The second kappa shape index (κ2) is 8.06. The Kier molecular flexibility index (Phi) is 5.84. The number of rotatable bonds is 6. The number of hydrogen-bond acceptors (Lipinski definition) is 4. The molecule has 0 aliphatic heterocycles. The van der Waals surface area contributed by atoms with E-state index in [1.165, 1.54) is 0 Å². The molecule has 0 heterocycles. The Morgan fingerprint density at radius 2 is 1.62 bits per heavy atom. The summed E-state index contributed by atoms with van der Waals surface area (Å²) in [6.07, 6.45) is 0. The number of hydrogen-bond donors (Lipinski definition) is 1. The third-order valence-corrected chi connectivity index (χ3v) is 3.62. The summed E-state index contributed by atoms with van der Waals surface area (Å²) in [7, 11) is 0. The van der Waals surface area contributed by atoms with Crippen molar-refractivity contribution in [2.45, 2.75) is 13.8 Å². The molecule has 0 unspecified atom stereocenters. The standard InChI is InChI=1S/C19H19NO4/c1-13-8-9-16(10-14(13)2)19(23)20-11-18(22)24-12-17(21)15-6-4-3-5-7-15/h3-10H,11-12H2,1-2H3,(H,20,23). The molecule has 0 aromatic heterocycles. The molecule has 0 fully saturated rings. The van der Waals surface area contributed by atoms with Gasteiger partial charge in [0, 0.05) is 11.1 Å². The summed E-state index contributed by atoms with van der Waals surface area (Å²) in [6, 6.07) is 13.9. The van der Waals surface area contributed by atoms with Crippen molar-refractivity contribution in [2.75, 3.05) is 13.2 Å². The van der Waals surface area contributed by atoms with Crippen molar-refractivity contribution in [3.05, 3.63) is 70.8 Å². The number of amides is 1. The highest BCUT2D eigenvalue weighted by molar-refractivity contribution is 5.98. The first-order valence-corrected chi connectivity index (χ1v) is 7.56. The fraction of sp³-hybridized carbons (Fsp3) is 0.211. The Bertz CT molecular complexity index is 753. The number of Topliss-reactive ketones (excluding diaryl/α,β-unsaturated/α-hetero) is 1. The average molecular weight is 325 g/mol. The van der Waals surface area contributed by atoms with E-state index in [1.807, 2.05) is 19.9 Å². The van der Waals surface area contributed by atoms with Gasteiger partial charge in [0.2, 0.25) is 0 Å². The summed E-state index contributed by atoms with van der Waals surface area (Å²) in [5.41, 5.74) is 3.04. The van der Waals surface area contributed by atoms with Crippen LogP contribution in [-0.2, 0) is 9.53 Å². The molecule has 5 heteroatoms. The van der Waals surface area contributed by atoms with Gasteiger partial charge >= 0.3 is 5.97 Å². The number of esters is 1. The van der Waals surface area contributed by atoms with Gasteiger partial charge in [0.05, 0.1) is 0 Å². The van der Waals surface area contributed by atoms with E-state index in [4.69, 9.17) is 4.74 Å². The molecule has 2 aromatic carbocycles. The number of benzene rings is 2. The van der Waals surface area contributed by atoms with Gasteiger partial charge in [0.25, 0.3) is 5.91 Å². The Morgan fingerprint density at radius 1 is 0.917 bits per heavy atom. The quantitative estimate of drug-likeness (QED) is 0.654. The first-order valence-electron chi connectivity index (χ1n) is 7.56. The lowest BCUT2D eigenvalue weighted by Gasteiger charge is -2.07. The molecular formula is C19H19NO4. The molecular weight excluding hydrogens is 306 g/mol. The molecule has 0 aliphatic rings. The summed E-state index contributed by atoms with van der Waals surface area (Å²) < 4.78 is 4.88. The maximum atomic E-state index is 12.0. The van der Waals surface area contributed by atoms with Crippen LogP contribution < -0.4 is 5.32 Å². The van der Waals surface area contributed by atoms with E-state index in [9.17, 15) is 14.4 Å². The minimum atomic E-state index is -0.656. The van der Waals surface area contributed by atoms with Crippen molar-refractivity contribution in [3.63, 3.8) is 0 Å². The molecule has 124 valence electrons. The number of carbonyl (C=O) groups is 3. The van der Waals surface area contributed by atoms with E-state index < -0.39 is 5.97 Å². The molecule has 0 saturated carbocycles. The van der Waals surface area contributed by atoms with E-state index in [0.717, 1.165) is 11.1 Å². The van der Waals surface area contributed by atoms with Crippen LogP contribution in [0.1, 0.15) is 31.8 Å². The van der Waals surface area contributed by atoms with Crippen LogP contribution in [0.5, 0.6) is 0 Å². The third kappa shape index (κ3) is 4.78. The van der Waals surface area contributed by atoms with Gasteiger partial charge < -0.3 is 10.1 Å². The topological polar surface area (TPSA) is 72.5 Å². The number of carbonyl (C=O) groups excluding carboxylic acids is 3. The lowest BCUT2D eigenvalue weighted by Crippen LogP contribution is -2.31. The molecule has 0 spiro atoms. The zero-order chi connectivity index (χ0) is 17.5. The van der Waals surface area contributed by atoms with Gasteiger partial charge in [-0.25, -0.2) is 0 Å². The molecule has 1 N–H and O–H groups in total. The molecule has 0 radical (unpaired) electrons. The van der Waals surface area contributed by atoms with Crippen LogP contribution in [0.3, 0.4) is 0 Å². The molecule has 24 heavy (non-hydrogen) atoms. The molecule has 0 atom stereocenters. The van der Waals surface area contributed by atoms with Gasteiger partial charge in [-0.2, -0.15) is 0 Å². The number of aryl methyl sites for hydroxylation is 2. The summed E-state index contributed by atoms with van der Waals surface area (Å²) in [4.78, 5) is 35.4. The van der Waals surface area contributed by atoms with E-state index in [2.05, 4.69) is 5.32 Å². The van der Waals surface area contributed by atoms with E-state index in [-0.39, 0.29) is 24.8 Å². The fourth-order valence-corrected chi connectivity index (χ4v) is 2.04. The fourth-order valence-electron chi connectivity index (χ4n) is 2.04. The first-order chi connectivity index (χ1) is 11.5. The molecule has 1 amide bonds. The highest BCUT2D eigenvalue weighted by Crippen LogP contribution is 2.09. The monoisotopic (exact) mass is 325 g/mol. The summed E-state index contributed by atoms with van der Waals surface area (Å²) in [5, 5.41) is 2.48. The van der Waals surface area contributed by atoms with Crippen LogP contribution >= 0.6 is 0 Å². The van der Waals surface area contributed by atoms with Gasteiger partial charge in [-0.1, -0.05) is 36.4 Å². The molecule has 0 bridgehead atoms. The van der Waals surface area contributed by atoms with Gasteiger partial charge in [0.15, 0.2) is 12.4 Å². The summed E-state index contributed by atoms with van der Waals surface area (Å²) >= 11 is 0. The number of nitrogens with one attached hydrogen (secondary N) is 1. The molecule has 2 aromatic rings. The van der Waals surface area contributed by atoms with Crippen LogP contribution in [-0.4, -0.2) is 30.8 Å². The van der Waals surface area contributed by atoms with Crippen LogP contribution in [0.15, 0.2) is 48.5 Å². The lowest BCUT2D eigenvalue weighted by atomic mass is 10.1. The van der Waals surface area contributed by atoms with Crippen LogP contribution in [0, 0.1) is 13.8 Å². The summed E-state index contributed by atoms with van der Waals surface area (Å²) in [5.74, 6) is -1.30. The van der Waals surface area contributed by atoms with Gasteiger partial charge in [-0.15, -0.1) is 0 Å². The van der Waals surface area contributed by atoms with Crippen molar-refractivity contribution >= 4 is 17.7 Å². The van der Waals surface area contributed by atoms with Crippen LogP contribution in [0.4, 0.5) is 0 Å². The lowest BCUT2D eigenvalue weighted by molar-refractivity contribution is -0.141. The van der Waals surface area contributed by atoms with Gasteiger partial charge in [-0.3, -0.25) is 14.4 Å². The largest absolute Gasteiger partial charge is 0.456 e. The zero-order valence-corrected chi connectivity index (χ0v) is 13.7. The third-order valence-electron chi connectivity index (χ3n) is 3.62. The van der Waals surface area contributed by atoms with Crippen molar-refractivity contribution in [2.24, 2.45) is 0 Å². The normalized spacial score (nSPS) is 10.1. The second-order valence-corrected chi connectivity index (χ2v) is 5.43. The van der Waals surface area contributed by atoms with E-state index in [0.29, 0.717) is 11.1 Å². The predicted octanol–water partition coefficient (Wildman–Crippen LogP) is 2.46. The second-order valence-electron chi connectivity index (χ2n) is 5.43. The van der Waals surface area contributed by atoms with Gasteiger partial charge in [-0.05, 0) is 37.1 Å². The van der Waals surface area contributed by atoms with Crippen LogP contribution in [0.2, 0.25) is 0 Å². The van der Waals surface area contributed by atoms with Crippen molar-refractivity contribution in [1.82, 2.24) is 5.32 Å². The molecule has 0 aliphatic carbocycles. The predicted molar refractivity (Wildman–Crippen MR) is 90.0 cm³/mol. The minimum absolute atomic E-state index is 0.284. The molecule has 2 rings (SSSR count). The van der Waals surface area contributed by atoms with Gasteiger partial charge in [0.1, 0.15) is 6.54 Å².